The second kappa shape index (κ2) is 5.40. The van der Waals surface area contributed by atoms with Crippen LogP contribution in [0.3, 0.4) is 0 Å². The lowest BCUT2D eigenvalue weighted by atomic mass is 9.71. The minimum atomic E-state index is -0.904. The molecule has 0 aromatic heterocycles. The van der Waals surface area contributed by atoms with Gasteiger partial charge in [-0.2, -0.15) is 0 Å². The Kier molecular flexibility index (Phi) is 4.60. The number of ether oxygens (including phenoxy) is 1. The summed E-state index contributed by atoms with van der Waals surface area (Å²) in [5, 5.41) is 10.3. The van der Waals surface area contributed by atoms with Gasteiger partial charge in [0.2, 0.25) is 0 Å². The van der Waals surface area contributed by atoms with E-state index in [0.717, 1.165) is 17.7 Å². The molecule has 0 fully saturated rings. The molecule has 0 saturated carbocycles. The van der Waals surface area contributed by atoms with Gasteiger partial charge in [0.05, 0.1) is 12.7 Å². The largest absolute Gasteiger partial charge is 0.496 e. The van der Waals surface area contributed by atoms with Gasteiger partial charge >= 0.3 is 0 Å². The first-order valence-electron chi connectivity index (χ1n) is 7.28. The second-order valence-electron chi connectivity index (χ2n) is 8.10. The fraction of sp³-hybridized carbons (Fsp3) is 0.667. The van der Waals surface area contributed by atoms with Gasteiger partial charge in [0.15, 0.2) is 0 Å². The van der Waals surface area contributed by atoms with Gasteiger partial charge in [-0.15, -0.1) is 0 Å². The van der Waals surface area contributed by atoms with Gasteiger partial charge in [0, 0.05) is 5.56 Å². The molecule has 2 heteroatoms. The quantitative estimate of drug-likeness (QED) is 0.869. The summed E-state index contributed by atoms with van der Waals surface area (Å²) in [6.45, 7) is 14.9. The molecule has 1 rings (SSSR count). The second-order valence-corrected chi connectivity index (χ2v) is 8.10. The van der Waals surface area contributed by atoms with E-state index in [1.807, 2.05) is 6.07 Å². The predicted octanol–water partition coefficient (Wildman–Crippen LogP) is 4.64. The zero-order chi connectivity index (χ0) is 15.8. The van der Waals surface area contributed by atoms with Crippen LogP contribution in [0, 0.1) is 5.41 Å². The third kappa shape index (κ3) is 4.24. The average molecular weight is 278 g/mol. The van der Waals surface area contributed by atoms with E-state index in [-0.39, 0.29) is 10.8 Å². The van der Waals surface area contributed by atoms with Crippen LogP contribution in [-0.4, -0.2) is 12.2 Å². The third-order valence-corrected chi connectivity index (χ3v) is 3.61. The SMILES string of the molecule is COc1ccc(C(C)(C)CC(C)(C)C)cc1C(C)(C)O. The maximum Gasteiger partial charge on any atom is 0.124 e. The van der Waals surface area contributed by atoms with Crippen molar-refractivity contribution in [1.82, 2.24) is 0 Å². The van der Waals surface area contributed by atoms with Gasteiger partial charge in [0.1, 0.15) is 5.75 Å². The number of rotatable bonds is 4. The van der Waals surface area contributed by atoms with Crippen LogP contribution in [0.5, 0.6) is 5.75 Å². The lowest BCUT2D eigenvalue weighted by Crippen LogP contribution is -2.26. The van der Waals surface area contributed by atoms with Crippen LogP contribution in [0.4, 0.5) is 0 Å². The summed E-state index contributed by atoms with van der Waals surface area (Å²) in [5.41, 5.74) is 1.51. The molecule has 0 atom stereocenters. The van der Waals surface area contributed by atoms with E-state index < -0.39 is 5.60 Å². The smallest absolute Gasteiger partial charge is 0.124 e. The topological polar surface area (TPSA) is 29.5 Å². The molecule has 0 aliphatic rings. The van der Waals surface area contributed by atoms with Crippen molar-refractivity contribution in [3.63, 3.8) is 0 Å². The van der Waals surface area contributed by atoms with Crippen molar-refractivity contribution in [3.8, 4) is 5.75 Å². The van der Waals surface area contributed by atoms with Crippen LogP contribution in [0.1, 0.15) is 66.0 Å². The maximum atomic E-state index is 10.3. The maximum absolute atomic E-state index is 10.3. The summed E-state index contributed by atoms with van der Waals surface area (Å²) in [6, 6.07) is 6.16. The van der Waals surface area contributed by atoms with Crippen LogP contribution in [-0.2, 0) is 11.0 Å². The summed E-state index contributed by atoms with van der Waals surface area (Å²) in [4.78, 5) is 0. The Hall–Kier alpha value is -1.02. The van der Waals surface area contributed by atoms with E-state index in [9.17, 15) is 5.11 Å². The lowest BCUT2D eigenvalue weighted by Gasteiger charge is -2.34. The number of benzene rings is 1. The zero-order valence-electron chi connectivity index (χ0n) is 14.3. The molecule has 0 unspecified atom stereocenters. The molecule has 0 aliphatic heterocycles. The van der Waals surface area contributed by atoms with Crippen molar-refractivity contribution < 1.29 is 9.84 Å². The lowest BCUT2D eigenvalue weighted by molar-refractivity contribution is 0.0754. The van der Waals surface area contributed by atoms with Crippen molar-refractivity contribution >= 4 is 0 Å². The number of hydrogen-bond acceptors (Lipinski definition) is 2. The molecule has 0 aliphatic carbocycles. The first-order valence-corrected chi connectivity index (χ1v) is 7.28. The monoisotopic (exact) mass is 278 g/mol. The highest BCUT2D eigenvalue weighted by Crippen LogP contribution is 2.39. The van der Waals surface area contributed by atoms with Gasteiger partial charge in [-0.25, -0.2) is 0 Å². The van der Waals surface area contributed by atoms with Crippen molar-refractivity contribution in [2.24, 2.45) is 5.41 Å². The summed E-state index contributed by atoms with van der Waals surface area (Å²) < 4.78 is 5.38. The van der Waals surface area contributed by atoms with E-state index in [1.54, 1.807) is 21.0 Å². The van der Waals surface area contributed by atoms with Crippen molar-refractivity contribution in [2.75, 3.05) is 7.11 Å². The summed E-state index contributed by atoms with van der Waals surface area (Å²) in [6.07, 6.45) is 1.08. The molecule has 2 nitrogen and oxygen atoms in total. The van der Waals surface area contributed by atoms with Gasteiger partial charge in [0.25, 0.3) is 0 Å². The van der Waals surface area contributed by atoms with Crippen LogP contribution >= 0.6 is 0 Å². The van der Waals surface area contributed by atoms with Crippen LogP contribution < -0.4 is 4.74 Å². The van der Waals surface area contributed by atoms with E-state index in [0.29, 0.717) is 0 Å². The Morgan fingerprint density at radius 1 is 1.00 bits per heavy atom. The molecular weight excluding hydrogens is 248 g/mol. The molecule has 0 saturated heterocycles. The van der Waals surface area contributed by atoms with Crippen LogP contribution in [0.15, 0.2) is 18.2 Å². The van der Waals surface area contributed by atoms with Crippen LogP contribution in [0.2, 0.25) is 0 Å². The average Bonchev–Trinajstić information content (AvgIpc) is 2.23. The Balaban J connectivity index is 3.27. The molecule has 1 aromatic rings. The van der Waals surface area contributed by atoms with E-state index in [2.05, 4.69) is 46.8 Å². The zero-order valence-corrected chi connectivity index (χ0v) is 14.3. The van der Waals surface area contributed by atoms with E-state index in [1.165, 1.54) is 5.56 Å². The fourth-order valence-corrected chi connectivity index (χ4v) is 3.03. The Labute approximate surface area is 124 Å². The molecular formula is C18H30O2. The Morgan fingerprint density at radius 2 is 1.55 bits per heavy atom. The molecule has 1 N–H and O–H groups in total. The normalized spacial score (nSPS) is 13.4. The highest BCUT2D eigenvalue weighted by molar-refractivity contribution is 5.42. The molecule has 114 valence electrons. The predicted molar refractivity (Wildman–Crippen MR) is 85.3 cm³/mol. The number of aliphatic hydroxyl groups is 1. The van der Waals surface area contributed by atoms with Gasteiger partial charge < -0.3 is 9.84 Å². The van der Waals surface area contributed by atoms with E-state index >= 15 is 0 Å². The molecule has 0 spiro atoms. The van der Waals surface area contributed by atoms with Crippen molar-refractivity contribution in [1.29, 1.82) is 0 Å². The number of methoxy groups -OCH3 is 1. The first-order chi connectivity index (χ1) is 8.87. The molecule has 0 bridgehead atoms. The number of hydrogen-bond donors (Lipinski definition) is 1. The minimum Gasteiger partial charge on any atom is -0.496 e. The van der Waals surface area contributed by atoms with Gasteiger partial charge in [-0.3, -0.25) is 0 Å². The molecule has 20 heavy (non-hydrogen) atoms. The highest BCUT2D eigenvalue weighted by Gasteiger charge is 2.29. The summed E-state index contributed by atoms with van der Waals surface area (Å²) in [5.74, 6) is 0.743. The summed E-state index contributed by atoms with van der Waals surface area (Å²) >= 11 is 0. The van der Waals surface area contributed by atoms with Crippen molar-refractivity contribution in [2.45, 2.75) is 65.9 Å². The molecule has 1 aromatic carbocycles. The highest BCUT2D eigenvalue weighted by atomic mass is 16.5. The minimum absolute atomic E-state index is 0.0600. The van der Waals surface area contributed by atoms with E-state index in [4.69, 9.17) is 4.74 Å². The van der Waals surface area contributed by atoms with Gasteiger partial charge in [-0.1, -0.05) is 40.7 Å². The Morgan fingerprint density at radius 3 is 1.95 bits per heavy atom. The Bertz CT molecular complexity index is 459. The molecule has 0 heterocycles. The fourth-order valence-electron chi connectivity index (χ4n) is 3.03. The van der Waals surface area contributed by atoms with Gasteiger partial charge in [-0.05, 0) is 48.8 Å². The third-order valence-electron chi connectivity index (χ3n) is 3.61. The molecule has 0 radical (unpaired) electrons. The first kappa shape index (κ1) is 17.0. The summed E-state index contributed by atoms with van der Waals surface area (Å²) in [7, 11) is 1.64. The standard InChI is InChI=1S/C18H30O2/c1-16(2,3)12-17(4,5)13-9-10-15(20-8)14(11-13)18(6,7)19/h9-11,19H,12H2,1-8H3. The van der Waals surface area contributed by atoms with Crippen molar-refractivity contribution in [3.05, 3.63) is 29.3 Å². The van der Waals surface area contributed by atoms with Crippen LogP contribution in [0.25, 0.3) is 0 Å². The molecule has 0 amide bonds.